The van der Waals surface area contributed by atoms with Crippen molar-refractivity contribution < 1.29 is 0 Å². The van der Waals surface area contributed by atoms with Gasteiger partial charge in [-0.15, -0.1) is 10.2 Å². The average molecular weight is 504 g/mol. The highest BCUT2D eigenvalue weighted by Crippen LogP contribution is 2.36. The molecule has 2 saturated heterocycles. The molecule has 0 N–H and O–H groups in total. The van der Waals surface area contributed by atoms with E-state index in [0.29, 0.717) is 5.56 Å². The number of piperidine rings is 1. The lowest BCUT2D eigenvalue weighted by molar-refractivity contribution is 0.171. The first kappa shape index (κ1) is 23.2. The zero-order chi connectivity index (χ0) is 25.6. The zero-order valence-corrected chi connectivity index (χ0v) is 21.9. The Bertz CT molecular complexity index is 1500. The van der Waals surface area contributed by atoms with Crippen molar-refractivity contribution in [3.05, 3.63) is 72.2 Å². The third-order valence-corrected chi connectivity index (χ3v) is 8.73. The molecule has 0 saturated carbocycles. The standard InChI is InChI=1S/C31H33N7/c1-22-8-11-35(12-9-22)17-24-10-13-36(18-24)28-6-7-29-27(14-28)20-37-19-26(25-4-2-23(16-32)3-5-25)15-30(37)31-34-33-21-38(29)31/h2-7,14-15,19,21-22,24H,8-13,17-18,20H2,1H3. The van der Waals surface area contributed by atoms with Gasteiger partial charge in [0.05, 0.1) is 23.0 Å². The van der Waals surface area contributed by atoms with Crippen LogP contribution in [0.25, 0.3) is 28.3 Å². The fraction of sp³-hybridized carbons (Fsp3) is 0.387. The summed E-state index contributed by atoms with van der Waals surface area (Å²) in [6.07, 6.45) is 7.99. The van der Waals surface area contributed by atoms with E-state index < -0.39 is 0 Å². The number of anilines is 1. The molecular formula is C31H33N7. The Morgan fingerprint density at radius 1 is 0.974 bits per heavy atom. The smallest absolute Gasteiger partial charge is 0.185 e. The molecule has 7 nitrogen and oxygen atoms in total. The minimum atomic E-state index is 0.672. The fourth-order valence-electron chi connectivity index (χ4n) is 6.45. The van der Waals surface area contributed by atoms with E-state index in [2.05, 4.69) is 72.6 Å². The number of hydrogen-bond acceptors (Lipinski definition) is 5. The van der Waals surface area contributed by atoms with E-state index in [-0.39, 0.29) is 0 Å². The van der Waals surface area contributed by atoms with Gasteiger partial charge in [0.2, 0.25) is 0 Å². The Labute approximate surface area is 223 Å². The minimum absolute atomic E-state index is 0.672. The first-order valence-electron chi connectivity index (χ1n) is 13.9. The van der Waals surface area contributed by atoms with Crippen molar-refractivity contribution >= 4 is 5.69 Å². The van der Waals surface area contributed by atoms with E-state index in [1.54, 1.807) is 0 Å². The van der Waals surface area contributed by atoms with Crippen molar-refractivity contribution in [1.29, 1.82) is 5.26 Å². The molecule has 2 aromatic heterocycles. The molecule has 1 unspecified atom stereocenters. The molecule has 3 aliphatic heterocycles. The summed E-state index contributed by atoms with van der Waals surface area (Å²) < 4.78 is 4.40. The Hall–Kier alpha value is -3.89. The maximum absolute atomic E-state index is 9.16. The lowest BCUT2D eigenvalue weighted by atomic mass is 9.98. The van der Waals surface area contributed by atoms with Crippen LogP contribution in [0.15, 0.2) is 61.1 Å². The SMILES string of the molecule is CC1CCN(CC2CCN(c3ccc4c(c3)Cn3cc(-c5ccc(C#N)cc5)cc3-c3nncn3-4)C2)CC1. The van der Waals surface area contributed by atoms with Gasteiger partial charge in [-0.2, -0.15) is 5.26 Å². The predicted molar refractivity (Wildman–Crippen MR) is 149 cm³/mol. The topological polar surface area (TPSA) is 65.9 Å². The summed E-state index contributed by atoms with van der Waals surface area (Å²) in [6.45, 7) is 9.21. The molecular weight excluding hydrogens is 470 g/mol. The number of fused-ring (bicyclic) bond motifs is 5. The van der Waals surface area contributed by atoms with Gasteiger partial charge in [0.25, 0.3) is 0 Å². The van der Waals surface area contributed by atoms with Crippen LogP contribution in [0.5, 0.6) is 0 Å². The molecule has 0 aliphatic carbocycles. The van der Waals surface area contributed by atoms with Crippen LogP contribution in [0.3, 0.4) is 0 Å². The molecule has 7 heteroatoms. The van der Waals surface area contributed by atoms with Crippen molar-refractivity contribution in [1.82, 2.24) is 24.2 Å². The monoisotopic (exact) mass is 503 g/mol. The molecule has 1 atom stereocenters. The summed E-state index contributed by atoms with van der Waals surface area (Å²) in [7, 11) is 0. The molecule has 0 amide bonds. The lowest BCUT2D eigenvalue weighted by Gasteiger charge is -2.32. The van der Waals surface area contributed by atoms with E-state index in [4.69, 9.17) is 5.26 Å². The third kappa shape index (κ3) is 4.19. The highest BCUT2D eigenvalue weighted by molar-refractivity contribution is 5.72. The van der Waals surface area contributed by atoms with Crippen LogP contribution < -0.4 is 4.90 Å². The van der Waals surface area contributed by atoms with Crippen molar-refractivity contribution in [2.45, 2.75) is 32.7 Å². The Morgan fingerprint density at radius 2 is 1.82 bits per heavy atom. The summed E-state index contributed by atoms with van der Waals surface area (Å²) in [4.78, 5) is 5.27. The van der Waals surface area contributed by atoms with Crippen molar-refractivity contribution in [2.24, 2.45) is 11.8 Å². The van der Waals surface area contributed by atoms with Crippen molar-refractivity contribution in [3.8, 4) is 34.4 Å². The summed E-state index contributed by atoms with van der Waals surface area (Å²) >= 11 is 0. The van der Waals surface area contributed by atoms with Gasteiger partial charge >= 0.3 is 0 Å². The summed E-state index contributed by atoms with van der Waals surface area (Å²) in [5, 5.41) is 17.9. The molecule has 0 bridgehead atoms. The molecule has 7 rings (SSSR count). The molecule has 2 aromatic carbocycles. The summed E-state index contributed by atoms with van der Waals surface area (Å²) in [5.41, 5.74) is 7.68. The minimum Gasteiger partial charge on any atom is -0.371 e. The van der Waals surface area contributed by atoms with Gasteiger partial charge in [-0.3, -0.25) is 4.57 Å². The number of hydrogen-bond donors (Lipinski definition) is 0. The van der Waals surface area contributed by atoms with Crippen LogP contribution in [-0.2, 0) is 6.54 Å². The first-order valence-corrected chi connectivity index (χ1v) is 13.9. The normalized spacial score (nSPS) is 19.5. The van der Waals surface area contributed by atoms with Crippen molar-refractivity contribution in [2.75, 3.05) is 37.6 Å². The van der Waals surface area contributed by atoms with Gasteiger partial charge in [-0.25, -0.2) is 0 Å². The van der Waals surface area contributed by atoms with Gasteiger partial charge in [0, 0.05) is 43.6 Å². The second-order valence-electron chi connectivity index (χ2n) is 11.4. The lowest BCUT2D eigenvalue weighted by Crippen LogP contribution is -2.37. The van der Waals surface area contributed by atoms with E-state index >= 15 is 0 Å². The van der Waals surface area contributed by atoms with Gasteiger partial charge < -0.3 is 14.4 Å². The van der Waals surface area contributed by atoms with E-state index in [9.17, 15) is 0 Å². The molecule has 4 aromatic rings. The quantitative estimate of drug-likeness (QED) is 0.338. The number of nitriles is 1. The number of likely N-dealkylation sites (tertiary alicyclic amines) is 1. The highest BCUT2D eigenvalue weighted by Gasteiger charge is 2.28. The second-order valence-corrected chi connectivity index (χ2v) is 11.4. The molecule has 0 spiro atoms. The van der Waals surface area contributed by atoms with Crippen LogP contribution in [0.4, 0.5) is 5.69 Å². The van der Waals surface area contributed by atoms with Gasteiger partial charge in [0.1, 0.15) is 6.33 Å². The largest absolute Gasteiger partial charge is 0.371 e. The Morgan fingerprint density at radius 3 is 2.63 bits per heavy atom. The Balaban J connectivity index is 1.15. The maximum atomic E-state index is 9.16. The predicted octanol–water partition coefficient (Wildman–Crippen LogP) is 5.19. The van der Waals surface area contributed by atoms with Crippen LogP contribution in [0.2, 0.25) is 0 Å². The van der Waals surface area contributed by atoms with Gasteiger partial charge in [0.15, 0.2) is 5.82 Å². The number of nitrogens with zero attached hydrogens (tertiary/aromatic N) is 7. The molecule has 3 aliphatic rings. The molecule has 192 valence electrons. The van der Waals surface area contributed by atoms with Crippen LogP contribution in [0.1, 0.15) is 37.3 Å². The first-order chi connectivity index (χ1) is 18.6. The van der Waals surface area contributed by atoms with E-state index in [1.165, 1.54) is 50.1 Å². The summed E-state index contributed by atoms with van der Waals surface area (Å²) in [5.74, 6) is 2.49. The second kappa shape index (κ2) is 9.45. The Kier molecular flexibility index (Phi) is 5.78. The van der Waals surface area contributed by atoms with Gasteiger partial charge in [-0.05, 0) is 91.7 Å². The summed E-state index contributed by atoms with van der Waals surface area (Å²) in [6, 6.07) is 19.0. The average Bonchev–Trinajstić information content (AvgIpc) is 3.69. The van der Waals surface area contributed by atoms with E-state index in [1.807, 2.05) is 30.6 Å². The van der Waals surface area contributed by atoms with Crippen LogP contribution in [-0.4, -0.2) is 57.0 Å². The number of aromatic nitrogens is 4. The number of rotatable bonds is 4. The fourth-order valence-corrected chi connectivity index (χ4v) is 6.45. The zero-order valence-electron chi connectivity index (χ0n) is 21.9. The van der Waals surface area contributed by atoms with Crippen molar-refractivity contribution in [3.63, 3.8) is 0 Å². The van der Waals surface area contributed by atoms with E-state index in [0.717, 1.165) is 59.8 Å². The molecule has 5 heterocycles. The van der Waals surface area contributed by atoms with Gasteiger partial charge in [-0.1, -0.05) is 19.1 Å². The highest BCUT2D eigenvalue weighted by atomic mass is 15.3. The molecule has 0 radical (unpaired) electrons. The molecule has 38 heavy (non-hydrogen) atoms. The maximum Gasteiger partial charge on any atom is 0.185 e. The number of benzene rings is 2. The molecule has 2 fully saturated rings. The van der Waals surface area contributed by atoms with Crippen LogP contribution >= 0.6 is 0 Å². The van der Waals surface area contributed by atoms with Crippen LogP contribution in [0, 0.1) is 23.2 Å². The third-order valence-electron chi connectivity index (χ3n) is 8.73.